The van der Waals surface area contributed by atoms with E-state index >= 15 is 0 Å². The van der Waals surface area contributed by atoms with Crippen LogP contribution in [-0.4, -0.2) is 28.7 Å². The summed E-state index contributed by atoms with van der Waals surface area (Å²) in [4.78, 5) is 25.2. The molecule has 0 atom stereocenters. The van der Waals surface area contributed by atoms with Gasteiger partial charge in [-0.1, -0.05) is 5.16 Å². The minimum Gasteiger partial charge on any atom is -0.479 e. The van der Waals surface area contributed by atoms with E-state index in [1.54, 1.807) is 0 Å². The molecule has 0 unspecified atom stereocenters. The highest BCUT2D eigenvalue weighted by molar-refractivity contribution is 5.90. The first-order valence-corrected chi connectivity index (χ1v) is 3.25. The number of hydrogen-bond acceptors (Lipinski definition) is 5. The Bertz CT molecular complexity index is 294. The maximum absolute atomic E-state index is 10.9. The van der Waals surface area contributed by atoms with Crippen LogP contribution in [0.3, 0.4) is 0 Å². The van der Waals surface area contributed by atoms with Crippen molar-refractivity contribution in [1.82, 2.24) is 10.6 Å². The Kier molecular flexibility index (Phi) is 2.98. The summed E-state index contributed by atoms with van der Waals surface area (Å²) >= 11 is 0. The second-order valence-electron chi connectivity index (χ2n) is 1.99. The lowest BCUT2D eigenvalue weighted by Crippen LogP contribution is -2.26. The summed E-state index contributed by atoms with van der Waals surface area (Å²) in [5.41, 5.74) is 1.86. The summed E-state index contributed by atoms with van der Waals surface area (Å²) in [6, 6.07) is 1.32. The summed E-state index contributed by atoms with van der Waals surface area (Å²) in [5, 5.41) is 11.4. The van der Waals surface area contributed by atoms with Crippen molar-refractivity contribution >= 4 is 11.9 Å². The number of carbonyl (C=O) groups is 2. The molecule has 0 saturated carbocycles. The molecule has 0 spiro atoms. The Labute approximate surface area is 72.2 Å². The van der Waals surface area contributed by atoms with Gasteiger partial charge in [-0.15, -0.1) is 0 Å². The average Bonchev–Trinajstić information content (AvgIpc) is 2.55. The van der Waals surface area contributed by atoms with Crippen molar-refractivity contribution in [2.24, 2.45) is 0 Å². The fraction of sp³-hybridized carbons (Fsp3) is 0.167. The van der Waals surface area contributed by atoms with E-state index < -0.39 is 18.5 Å². The molecule has 0 aliphatic carbocycles. The summed E-state index contributed by atoms with van der Waals surface area (Å²) in [7, 11) is 0. The minimum absolute atomic E-state index is 0.0506. The SMILES string of the molecule is O=C(O)CONC(=O)c1ccno1. The van der Waals surface area contributed by atoms with Gasteiger partial charge in [-0.3, -0.25) is 9.63 Å². The smallest absolute Gasteiger partial charge is 0.332 e. The molecule has 0 saturated heterocycles. The van der Waals surface area contributed by atoms with E-state index in [0.29, 0.717) is 0 Å². The van der Waals surface area contributed by atoms with Crippen LogP contribution in [0, 0.1) is 0 Å². The molecule has 1 aromatic rings. The third-order valence-corrected chi connectivity index (χ3v) is 1.02. The van der Waals surface area contributed by atoms with Gasteiger partial charge in [0, 0.05) is 6.07 Å². The number of aromatic nitrogens is 1. The van der Waals surface area contributed by atoms with Crippen LogP contribution in [-0.2, 0) is 9.63 Å². The highest BCUT2D eigenvalue weighted by Crippen LogP contribution is 1.94. The number of carbonyl (C=O) groups excluding carboxylic acids is 1. The zero-order valence-electron chi connectivity index (χ0n) is 6.39. The molecule has 7 nitrogen and oxygen atoms in total. The van der Waals surface area contributed by atoms with Gasteiger partial charge >= 0.3 is 11.9 Å². The first kappa shape index (κ1) is 9.20. The van der Waals surface area contributed by atoms with Crippen molar-refractivity contribution in [1.29, 1.82) is 0 Å². The predicted octanol–water partition coefficient (Wildman–Crippen LogP) is -0.579. The first-order valence-electron chi connectivity index (χ1n) is 3.25. The molecule has 0 radical (unpaired) electrons. The predicted molar refractivity (Wildman–Crippen MR) is 37.6 cm³/mol. The lowest BCUT2D eigenvalue weighted by Gasteiger charge is -1.99. The van der Waals surface area contributed by atoms with Gasteiger partial charge < -0.3 is 9.63 Å². The fourth-order valence-corrected chi connectivity index (χ4v) is 0.547. The van der Waals surface area contributed by atoms with Crippen LogP contribution in [0.25, 0.3) is 0 Å². The number of nitrogens with one attached hydrogen (secondary N) is 1. The first-order chi connectivity index (χ1) is 6.20. The third-order valence-electron chi connectivity index (χ3n) is 1.02. The minimum atomic E-state index is -1.18. The second kappa shape index (κ2) is 4.21. The highest BCUT2D eigenvalue weighted by Gasteiger charge is 2.09. The van der Waals surface area contributed by atoms with Gasteiger partial charge in [-0.25, -0.2) is 10.3 Å². The maximum Gasteiger partial charge on any atom is 0.332 e. The van der Waals surface area contributed by atoms with E-state index in [4.69, 9.17) is 5.11 Å². The van der Waals surface area contributed by atoms with Crippen molar-refractivity contribution < 1.29 is 24.1 Å². The van der Waals surface area contributed by atoms with Gasteiger partial charge in [-0.2, -0.15) is 0 Å². The fourth-order valence-electron chi connectivity index (χ4n) is 0.547. The van der Waals surface area contributed by atoms with E-state index in [0.717, 1.165) is 0 Å². The van der Waals surface area contributed by atoms with E-state index in [-0.39, 0.29) is 5.76 Å². The Hall–Kier alpha value is -1.89. The molecule has 0 fully saturated rings. The molecule has 70 valence electrons. The van der Waals surface area contributed by atoms with Crippen LogP contribution in [0.1, 0.15) is 10.6 Å². The Morgan fingerprint density at radius 1 is 1.69 bits per heavy atom. The monoisotopic (exact) mass is 186 g/mol. The number of rotatable bonds is 4. The largest absolute Gasteiger partial charge is 0.479 e. The molecule has 0 bridgehead atoms. The van der Waals surface area contributed by atoms with Gasteiger partial charge in [0.15, 0.2) is 6.61 Å². The Balaban J connectivity index is 2.31. The molecule has 0 aliphatic heterocycles. The molecule has 1 amide bonds. The summed E-state index contributed by atoms with van der Waals surface area (Å²) in [6.07, 6.45) is 1.28. The van der Waals surface area contributed by atoms with Gasteiger partial charge in [0.25, 0.3) is 0 Å². The molecule has 2 N–H and O–H groups in total. The second-order valence-corrected chi connectivity index (χ2v) is 1.99. The Morgan fingerprint density at radius 3 is 3.00 bits per heavy atom. The molecular weight excluding hydrogens is 180 g/mol. The van der Waals surface area contributed by atoms with Crippen LogP contribution in [0.4, 0.5) is 0 Å². The number of hydroxylamine groups is 1. The van der Waals surface area contributed by atoms with Gasteiger partial charge in [0.1, 0.15) is 0 Å². The van der Waals surface area contributed by atoms with E-state index in [1.165, 1.54) is 12.3 Å². The van der Waals surface area contributed by atoms with Gasteiger partial charge in [-0.05, 0) is 0 Å². The van der Waals surface area contributed by atoms with E-state index in [1.807, 2.05) is 5.48 Å². The van der Waals surface area contributed by atoms with Crippen LogP contribution >= 0.6 is 0 Å². The van der Waals surface area contributed by atoms with E-state index in [2.05, 4.69) is 14.5 Å². The number of nitrogens with zero attached hydrogens (tertiary/aromatic N) is 1. The number of aliphatic carboxylic acids is 1. The van der Waals surface area contributed by atoms with Crippen LogP contribution in [0.15, 0.2) is 16.8 Å². The van der Waals surface area contributed by atoms with Crippen molar-refractivity contribution in [3.63, 3.8) is 0 Å². The maximum atomic E-state index is 10.9. The zero-order valence-corrected chi connectivity index (χ0v) is 6.39. The number of carboxylic acid groups (broad SMARTS) is 1. The molecule has 1 heterocycles. The Morgan fingerprint density at radius 2 is 2.46 bits per heavy atom. The lowest BCUT2D eigenvalue weighted by molar-refractivity contribution is -0.144. The normalized spacial score (nSPS) is 9.54. The van der Waals surface area contributed by atoms with Crippen LogP contribution in [0.5, 0.6) is 0 Å². The molecule has 0 aromatic carbocycles. The number of carboxylic acids is 1. The summed E-state index contributed by atoms with van der Waals surface area (Å²) in [5.74, 6) is -1.91. The quantitative estimate of drug-likeness (QED) is 0.610. The topological polar surface area (TPSA) is 102 Å². The van der Waals surface area contributed by atoms with Crippen LogP contribution in [0.2, 0.25) is 0 Å². The van der Waals surface area contributed by atoms with Crippen LogP contribution < -0.4 is 5.48 Å². The molecule has 1 rings (SSSR count). The van der Waals surface area contributed by atoms with Crippen molar-refractivity contribution in [3.05, 3.63) is 18.0 Å². The lowest BCUT2D eigenvalue weighted by atomic mass is 10.4. The standard InChI is InChI=1S/C6H6N2O5/c9-5(10)3-12-8-6(11)4-1-2-7-13-4/h1-2H,3H2,(H,8,11)(H,9,10). The molecule has 0 aliphatic rings. The van der Waals surface area contributed by atoms with Crippen molar-refractivity contribution in [3.8, 4) is 0 Å². The molecule has 13 heavy (non-hydrogen) atoms. The van der Waals surface area contributed by atoms with Gasteiger partial charge in [0.05, 0.1) is 6.20 Å². The molecule has 7 heteroatoms. The zero-order chi connectivity index (χ0) is 9.68. The number of amides is 1. The van der Waals surface area contributed by atoms with Crippen molar-refractivity contribution in [2.75, 3.05) is 6.61 Å². The average molecular weight is 186 g/mol. The molecule has 1 aromatic heterocycles. The highest BCUT2D eigenvalue weighted by atomic mass is 16.7. The number of hydrogen-bond donors (Lipinski definition) is 2. The molecular formula is C6H6N2O5. The summed E-state index contributed by atoms with van der Waals surface area (Å²) in [6.45, 7) is -0.611. The van der Waals surface area contributed by atoms with Crippen molar-refractivity contribution in [2.45, 2.75) is 0 Å². The third kappa shape index (κ3) is 2.91. The summed E-state index contributed by atoms with van der Waals surface area (Å²) < 4.78 is 4.46. The van der Waals surface area contributed by atoms with Gasteiger partial charge in [0.2, 0.25) is 5.76 Å². The van der Waals surface area contributed by atoms with E-state index in [9.17, 15) is 9.59 Å².